The van der Waals surface area contributed by atoms with E-state index in [1.807, 2.05) is 54.6 Å². The van der Waals surface area contributed by atoms with Gasteiger partial charge >= 0.3 is 0 Å². The Bertz CT molecular complexity index is 1090. The van der Waals surface area contributed by atoms with Crippen molar-refractivity contribution in [2.75, 3.05) is 36.4 Å². The second kappa shape index (κ2) is 9.98. The van der Waals surface area contributed by atoms with Gasteiger partial charge < -0.3 is 10.2 Å². The van der Waals surface area contributed by atoms with Crippen molar-refractivity contribution in [2.45, 2.75) is 13.0 Å². The summed E-state index contributed by atoms with van der Waals surface area (Å²) in [5, 5.41) is 3.74. The molecule has 0 bridgehead atoms. The molecule has 1 fully saturated rings. The first-order valence-corrected chi connectivity index (χ1v) is 11.1. The Labute approximate surface area is 193 Å². The molecule has 6 heteroatoms. The number of halogens is 1. The molecule has 0 radical (unpaired) electrons. The molecular weight excluding hydrogens is 422 g/mol. The molecule has 1 unspecified atom stereocenters. The normalized spacial score (nSPS) is 15.2. The van der Waals surface area contributed by atoms with E-state index < -0.39 is 6.04 Å². The van der Waals surface area contributed by atoms with Crippen LogP contribution in [-0.4, -0.2) is 42.8 Å². The monoisotopic (exact) mass is 447 g/mol. The van der Waals surface area contributed by atoms with Crippen LogP contribution >= 0.6 is 11.6 Å². The fraction of sp³-hybridized carbons (Fsp3) is 0.231. The zero-order chi connectivity index (χ0) is 22.5. The summed E-state index contributed by atoms with van der Waals surface area (Å²) in [5.41, 5.74) is 3.25. The van der Waals surface area contributed by atoms with Crippen molar-refractivity contribution in [1.29, 1.82) is 0 Å². The second-order valence-electron chi connectivity index (χ2n) is 7.94. The average molecular weight is 448 g/mol. The Morgan fingerprint density at radius 3 is 2.28 bits per heavy atom. The smallest absolute Gasteiger partial charge is 0.246 e. The maximum absolute atomic E-state index is 13.4. The first kappa shape index (κ1) is 22.1. The minimum absolute atomic E-state index is 0.0298. The number of hydrogen-bond donors (Lipinski definition) is 1. The molecule has 4 rings (SSSR count). The summed E-state index contributed by atoms with van der Waals surface area (Å²) < 4.78 is 0. The number of Topliss-reactive ketones (excluding diaryl/α,β-unsaturated/α-hetero) is 1. The van der Waals surface area contributed by atoms with Gasteiger partial charge in [0.2, 0.25) is 5.91 Å². The maximum Gasteiger partial charge on any atom is 0.246 e. The minimum atomic E-state index is -0.418. The number of carbonyl (C=O) groups excluding carboxylic acids is 2. The van der Waals surface area contributed by atoms with Gasteiger partial charge in [-0.2, -0.15) is 0 Å². The Morgan fingerprint density at radius 1 is 0.875 bits per heavy atom. The highest BCUT2D eigenvalue weighted by Gasteiger charge is 2.30. The Kier molecular flexibility index (Phi) is 6.88. The number of benzene rings is 3. The molecule has 1 aliphatic rings. The van der Waals surface area contributed by atoms with Crippen LogP contribution in [0.3, 0.4) is 0 Å². The van der Waals surface area contributed by atoms with E-state index in [1.54, 1.807) is 18.2 Å². The number of rotatable bonds is 6. The van der Waals surface area contributed by atoms with Gasteiger partial charge in [0.15, 0.2) is 5.78 Å². The molecule has 3 aromatic rings. The number of piperazine rings is 1. The highest BCUT2D eigenvalue weighted by Crippen LogP contribution is 2.27. The first-order valence-electron chi connectivity index (χ1n) is 10.7. The van der Waals surface area contributed by atoms with E-state index in [1.165, 1.54) is 6.92 Å². The van der Waals surface area contributed by atoms with Crippen LogP contribution in [0.2, 0.25) is 5.02 Å². The molecule has 0 aliphatic carbocycles. The lowest BCUT2D eigenvalue weighted by Gasteiger charge is -2.39. The van der Waals surface area contributed by atoms with Gasteiger partial charge in [-0.3, -0.25) is 14.5 Å². The van der Waals surface area contributed by atoms with Crippen molar-refractivity contribution in [1.82, 2.24) is 4.90 Å². The summed E-state index contributed by atoms with van der Waals surface area (Å²) in [6, 6.07) is 24.3. The molecule has 32 heavy (non-hydrogen) atoms. The molecule has 0 saturated carbocycles. The van der Waals surface area contributed by atoms with Crippen molar-refractivity contribution < 1.29 is 9.59 Å². The largest absolute Gasteiger partial charge is 0.369 e. The van der Waals surface area contributed by atoms with Crippen LogP contribution in [-0.2, 0) is 4.79 Å². The lowest BCUT2D eigenvalue weighted by atomic mass is 10.0. The summed E-state index contributed by atoms with van der Waals surface area (Å²) in [5.74, 6) is -0.133. The van der Waals surface area contributed by atoms with Gasteiger partial charge in [-0.25, -0.2) is 0 Å². The lowest BCUT2D eigenvalue weighted by Crippen LogP contribution is -2.50. The molecule has 1 N–H and O–H groups in total. The number of nitrogens with zero attached hydrogens (tertiary/aromatic N) is 2. The summed E-state index contributed by atoms with van der Waals surface area (Å²) in [6.07, 6.45) is 0. The second-order valence-corrected chi connectivity index (χ2v) is 8.38. The van der Waals surface area contributed by atoms with E-state index in [2.05, 4.69) is 21.2 Å². The van der Waals surface area contributed by atoms with Crippen LogP contribution in [0.25, 0.3) is 0 Å². The van der Waals surface area contributed by atoms with Gasteiger partial charge in [0.1, 0.15) is 6.04 Å². The van der Waals surface area contributed by atoms with Crippen LogP contribution in [0.4, 0.5) is 11.4 Å². The lowest BCUT2D eigenvalue weighted by molar-refractivity contribution is -0.121. The van der Waals surface area contributed by atoms with Gasteiger partial charge in [0.05, 0.1) is 0 Å². The van der Waals surface area contributed by atoms with E-state index in [0.717, 1.165) is 42.5 Å². The van der Waals surface area contributed by atoms with E-state index >= 15 is 0 Å². The Balaban J connectivity index is 1.52. The van der Waals surface area contributed by atoms with Gasteiger partial charge in [0.25, 0.3) is 0 Å². The first-order chi connectivity index (χ1) is 15.5. The molecule has 1 aliphatic heterocycles. The zero-order valence-electron chi connectivity index (χ0n) is 18.0. The van der Waals surface area contributed by atoms with Crippen LogP contribution in [0.5, 0.6) is 0 Å². The van der Waals surface area contributed by atoms with E-state index in [4.69, 9.17) is 11.6 Å². The van der Waals surface area contributed by atoms with Crippen molar-refractivity contribution in [3.05, 3.63) is 95.0 Å². The Hall–Kier alpha value is -3.15. The minimum Gasteiger partial charge on any atom is -0.369 e. The number of ketones is 1. The van der Waals surface area contributed by atoms with Gasteiger partial charge in [0, 0.05) is 48.1 Å². The van der Waals surface area contributed by atoms with Crippen LogP contribution in [0.15, 0.2) is 78.9 Å². The van der Waals surface area contributed by atoms with E-state index in [0.29, 0.717) is 11.3 Å². The molecule has 1 amide bonds. The van der Waals surface area contributed by atoms with Crippen LogP contribution in [0, 0.1) is 0 Å². The third kappa shape index (κ3) is 5.18. The third-order valence-corrected chi connectivity index (χ3v) is 5.99. The summed E-state index contributed by atoms with van der Waals surface area (Å²) in [6.45, 7) is 4.61. The number of anilines is 2. The number of nitrogens with one attached hydrogen (secondary N) is 1. The maximum atomic E-state index is 13.4. The number of carbonyl (C=O) groups is 2. The van der Waals surface area contributed by atoms with Gasteiger partial charge in [-0.05, 0) is 42.8 Å². The van der Waals surface area contributed by atoms with Crippen molar-refractivity contribution in [3.8, 4) is 0 Å². The number of hydrogen-bond acceptors (Lipinski definition) is 4. The fourth-order valence-electron chi connectivity index (χ4n) is 4.10. The molecule has 164 valence electrons. The highest BCUT2D eigenvalue weighted by molar-refractivity contribution is 6.30. The molecule has 1 saturated heterocycles. The predicted octanol–water partition coefficient (Wildman–Crippen LogP) is 5.04. The van der Waals surface area contributed by atoms with Crippen LogP contribution in [0.1, 0.15) is 28.9 Å². The summed E-state index contributed by atoms with van der Waals surface area (Å²) >= 11 is 6.16. The molecule has 0 aromatic heterocycles. The quantitative estimate of drug-likeness (QED) is 0.537. The van der Waals surface area contributed by atoms with Gasteiger partial charge in [-0.15, -0.1) is 0 Å². The molecular formula is C26H26ClN3O2. The summed E-state index contributed by atoms with van der Waals surface area (Å²) in [7, 11) is 0. The molecule has 5 nitrogen and oxygen atoms in total. The summed E-state index contributed by atoms with van der Waals surface area (Å²) in [4.78, 5) is 29.6. The average Bonchev–Trinajstić information content (AvgIpc) is 2.80. The van der Waals surface area contributed by atoms with E-state index in [-0.39, 0.29) is 11.7 Å². The molecule has 1 atom stereocenters. The van der Waals surface area contributed by atoms with Crippen molar-refractivity contribution >= 4 is 34.7 Å². The highest BCUT2D eigenvalue weighted by atomic mass is 35.5. The molecule has 0 spiro atoms. The molecule has 3 aromatic carbocycles. The van der Waals surface area contributed by atoms with Crippen molar-refractivity contribution in [3.63, 3.8) is 0 Å². The fourth-order valence-corrected chi connectivity index (χ4v) is 4.29. The number of amides is 1. The van der Waals surface area contributed by atoms with E-state index in [9.17, 15) is 9.59 Å². The third-order valence-electron chi connectivity index (χ3n) is 5.75. The zero-order valence-corrected chi connectivity index (χ0v) is 18.8. The topological polar surface area (TPSA) is 52.7 Å². The van der Waals surface area contributed by atoms with Crippen LogP contribution < -0.4 is 10.2 Å². The van der Waals surface area contributed by atoms with Crippen molar-refractivity contribution in [2.24, 2.45) is 0 Å². The molecule has 1 heterocycles. The Morgan fingerprint density at radius 2 is 1.59 bits per heavy atom. The predicted molar refractivity (Wildman–Crippen MR) is 129 cm³/mol. The standard InChI is InChI=1S/C26H26ClN3O2/c1-19(31)21-9-5-11-23(17-21)28-26(32)25(20-7-3-2-4-8-20)30-15-13-29(14-16-30)24-12-6-10-22(27)18-24/h2-12,17-18,25H,13-16H2,1H3,(H,28,32). The SMILES string of the molecule is CC(=O)c1cccc(NC(=O)C(c2ccccc2)N2CCN(c3cccc(Cl)c3)CC2)c1. The van der Waals surface area contributed by atoms with Gasteiger partial charge in [-0.1, -0.05) is 60.1 Å².